The van der Waals surface area contributed by atoms with Gasteiger partial charge in [0.05, 0.1) is 18.7 Å². The van der Waals surface area contributed by atoms with Crippen LogP contribution in [0.15, 0.2) is 48.5 Å². The van der Waals surface area contributed by atoms with E-state index in [2.05, 4.69) is 39.4 Å². The number of ether oxygens (including phenoxy) is 2. The van der Waals surface area contributed by atoms with Crippen LogP contribution in [-0.2, 0) is 4.79 Å². The highest BCUT2D eigenvalue weighted by Gasteiger charge is 2.16. The van der Waals surface area contributed by atoms with Crippen molar-refractivity contribution in [1.29, 1.82) is 0 Å². The van der Waals surface area contributed by atoms with Crippen molar-refractivity contribution >= 4 is 29.3 Å². The molecule has 1 aliphatic rings. The molecule has 0 unspecified atom stereocenters. The zero-order chi connectivity index (χ0) is 22.1. The predicted molar refractivity (Wildman–Crippen MR) is 126 cm³/mol. The van der Waals surface area contributed by atoms with E-state index in [4.69, 9.17) is 21.1 Å². The van der Waals surface area contributed by atoms with Gasteiger partial charge in [-0.1, -0.05) is 29.8 Å². The number of halogens is 1. The summed E-state index contributed by atoms with van der Waals surface area (Å²) >= 11 is 6.26. The number of hydrogen-bond donors (Lipinski definition) is 1. The van der Waals surface area contributed by atoms with Crippen LogP contribution in [0.2, 0.25) is 5.02 Å². The maximum Gasteiger partial charge on any atom is 0.244 e. The Hall–Kier alpha value is -2.70. The van der Waals surface area contributed by atoms with Crippen molar-refractivity contribution in [3.05, 3.63) is 59.1 Å². The molecule has 2 aromatic rings. The van der Waals surface area contributed by atoms with Crippen LogP contribution in [-0.4, -0.2) is 63.8 Å². The van der Waals surface area contributed by atoms with Gasteiger partial charge in [-0.05, 0) is 42.8 Å². The molecule has 166 valence electrons. The molecule has 1 N–H and O–H groups in total. The third-order valence-corrected chi connectivity index (χ3v) is 5.46. The molecule has 1 aliphatic heterocycles. The van der Waals surface area contributed by atoms with Crippen molar-refractivity contribution < 1.29 is 14.3 Å². The van der Waals surface area contributed by atoms with Gasteiger partial charge in [0.2, 0.25) is 5.91 Å². The third-order valence-electron chi connectivity index (χ3n) is 5.18. The van der Waals surface area contributed by atoms with Gasteiger partial charge in [-0.2, -0.15) is 0 Å². The zero-order valence-electron chi connectivity index (χ0n) is 18.1. The summed E-state index contributed by atoms with van der Waals surface area (Å²) in [5.74, 6) is 0.928. The number of amides is 1. The lowest BCUT2D eigenvalue weighted by atomic mass is 10.2. The van der Waals surface area contributed by atoms with E-state index in [0.717, 1.165) is 38.3 Å². The first-order valence-electron chi connectivity index (χ1n) is 10.6. The number of hydrogen-bond acceptors (Lipinski definition) is 5. The van der Waals surface area contributed by atoms with Crippen molar-refractivity contribution in [1.82, 2.24) is 10.2 Å². The highest BCUT2D eigenvalue weighted by atomic mass is 35.5. The van der Waals surface area contributed by atoms with E-state index >= 15 is 0 Å². The number of methoxy groups -OCH3 is 1. The number of carbonyl (C=O) groups is 1. The van der Waals surface area contributed by atoms with Crippen molar-refractivity contribution in [2.45, 2.75) is 6.92 Å². The van der Waals surface area contributed by atoms with Gasteiger partial charge in [0.15, 0.2) is 11.5 Å². The van der Waals surface area contributed by atoms with Crippen LogP contribution in [0.1, 0.15) is 12.5 Å². The van der Waals surface area contributed by atoms with Crippen LogP contribution < -0.4 is 19.7 Å². The molecule has 0 aromatic heterocycles. The molecule has 0 saturated carbocycles. The zero-order valence-corrected chi connectivity index (χ0v) is 18.9. The first-order valence-corrected chi connectivity index (χ1v) is 11.0. The Kier molecular flexibility index (Phi) is 8.62. The third kappa shape index (κ3) is 6.64. The molecule has 0 radical (unpaired) electrons. The quantitative estimate of drug-likeness (QED) is 0.599. The van der Waals surface area contributed by atoms with Crippen molar-refractivity contribution in [3.63, 3.8) is 0 Å². The van der Waals surface area contributed by atoms with Gasteiger partial charge in [-0.3, -0.25) is 9.69 Å². The van der Waals surface area contributed by atoms with E-state index in [-0.39, 0.29) is 5.91 Å². The number of benzene rings is 2. The average Bonchev–Trinajstić information content (AvgIpc) is 2.79. The van der Waals surface area contributed by atoms with Crippen LogP contribution in [0.5, 0.6) is 11.5 Å². The monoisotopic (exact) mass is 443 g/mol. The SMILES string of the molecule is CCOc1cc(/C=C/C(=O)NCCN2CCN(c3ccccc3)CC2)cc(Cl)c1OC. The van der Waals surface area contributed by atoms with Gasteiger partial charge in [0.1, 0.15) is 0 Å². The minimum Gasteiger partial charge on any atom is -0.491 e. The topological polar surface area (TPSA) is 54.0 Å². The van der Waals surface area contributed by atoms with E-state index in [1.54, 1.807) is 19.3 Å². The summed E-state index contributed by atoms with van der Waals surface area (Å²) < 4.78 is 10.9. The number of piperazine rings is 1. The standard InChI is InChI=1S/C24H30ClN3O3/c1-3-31-22-18-19(17-21(25)24(22)30-2)9-10-23(29)26-11-12-27-13-15-28(16-14-27)20-7-5-4-6-8-20/h4-10,17-18H,3,11-16H2,1-2H3,(H,26,29)/b10-9+. The summed E-state index contributed by atoms with van der Waals surface area (Å²) in [6.45, 7) is 7.82. The van der Waals surface area contributed by atoms with Crippen molar-refractivity contribution in [3.8, 4) is 11.5 Å². The number of nitrogens with one attached hydrogen (secondary N) is 1. The lowest BCUT2D eigenvalue weighted by molar-refractivity contribution is -0.116. The Morgan fingerprint density at radius 2 is 1.90 bits per heavy atom. The molecule has 0 spiro atoms. The van der Waals surface area contributed by atoms with Crippen LogP contribution >= 0.6 is 11.6 Å². The molecule has 0 atom stereocenters. The first kappa shape index (κ1) is 23.0. The Morgan fingerprint density at radius 3 is 2.58 bits per heavy atom. The summed E-state index contributed by atoms with van der Waals surface area (Å²) in [6, 6.07) is 14.0. The maximum atomic E-state index is 12.2. The van der Waals surface area contributed by atoms with Crippen LogP contribution in [0, 0.1) is 0 Å². The number of nitrogens with zero attached hydrogens (tertiary/aromatic N) is 2. The minimum atomic E-state index is -0.132. The van der Waals surface area contributed by atoms with Crippen molar-refractivity contribution in [2.75, 3.05) is 57.9 Å². The molecule has 6 nitrogen and oxygen atoms in total. The molecule has 0 aliphatic carbocycles. The predicted octanol–water partition coefficient (Wildman–Crippen LogP) is 3.70. The largest absolute Gasteiger partial charge is 0.491 e. The van der Waals surface area contributed by atoms with Gasteiger partial charge in [0.25, 0.3) is 0 Å². The van der Waals surface area contributed by atoms with Gasteiger partial charge in [-0.15, -0.1) is 0 Å². The molecule has 1 saturated heterocycles. The smallest absolute Gasteiger partial charge is 0.244 e. The minimum absolute atomic E-state index is 0.132. The molecule has 1 amide bonds. The molecule has 1 heterocycles. The normalized spacial score (nSPS) is 14.6. The summed E-state index contributed by atoms with van der Waals surface area (Å²) in [7, 11) is 1.55. The molecular weight excluding hydrogens is 414 g/mol. The highest BCUT2D eigenvalue weighted by molar-refractivity contribution is 6.32. The van der Waals surface area contributed by atoms with Crippen LogP contribution in [0.4, 0.5) is 5.69 Å². The molecule has 31 heavy (non-hydrogen) atoms. The lowest BCUT2D eigenvalue weighted by Crippen LogP contribution is -2.48. The van der Waals surface area contributed by atoms with Gasteiger partial charge >= 0.3 is 0 Å². The second-order valence-electron chi connectivity index (χ2n) is 7.26. The Bertz CT molecular complexity index is 881. The number of para-hydroxylation sites is 1. The fourth-order valence-electron chi connectivity index (χ4n) is 3.58. The van der Waals surface area contributed by atoms with Gasteiger partial charge in [0, 0.05) is 51.0 Å². The fraction of sp³-hybridized carbons (Fsp3) is 0.375. The Labute approximate surface area is 189 Å². The molecule has 0 bridgehead atoms. The molecule has 2 aromatic carbocycles. The van der Waals surface area contributed by atoms with Crippen LogP contribution in [0.25, 0.3) is 6.08 Å². The number of carbonyl (C=O) groups excluding carboxylic acids is 1. The first-order chi connectivity index (χ1) is 15.1. The number of rotatable bonds is 9. The fourth-order valence-corrected chi connectivity index (χ4v) is 3.88. The molecular formula is C24H30ClN3O3. The summed E-state index contributed by atoms with van der Waals surface area (Å²) in [5, 5.41) is 3.40. The molecule has 1 fully saturated rings. The number of anilines is 1. The lowest BCUT2D eigenvalue weighted by Gasteiger charge is -2.36. The average molecular weight is 444 g/mol. The Morgan fingerprint density at radius 1 is 1.16 bits per heavy atom. The van der Waals surface area contributed by atoms with E-state index in [1.165, 1.54) is 11.8 Å². The Balaban J connectivity index is 1.43. The molecule has 7 heteroatoms. The highest BCUT2D eigenvalue weighted by Crippen LogP contribution is 2.36. The summed E-state index contributed by atoms with van der Waals surface area (Å²) in [4.78, 5) is 17.0. The second-order valence-corrected chi connectivity index (χ2v) is 7.66. The van der Waals surface area contributed by atoms with E-state index < -0.39 is 0 Å². The summed E-state index contributed by atoms with van der Waals surface area (Å²) in [6.07, 6.45) is 3.24. The summed E-state index contributed by atoms with van der Waals surface area (Å²) in [5.41, 5.74) is 2.05. The van der Waals surface area contributed by atoms with E-state index in [1.807, 2.05) is 19.1 Å². The van der Waals surface area contributed by atoms with E-state index in [9.17, 15) is 4.79 Å². The van der Waals surface area contributed by atoms with E-state index in [0.29, 0.717) is 29.7 Å². The second kappa shape index (κ2) is 11.6. The van der Waals surface area contributed by atoms with Gasteiger partial charge in [-0.25, -0.2) is 0 Å². The van der Waals surface area contributed by atoms with Crippen molar-refractivity contribution in [2.24, 2.45) is 0 Å². The maximum absolute atomic E-state index is 12.2. The molecule has 3 rings (SSSR count). The van der Waals surface area contributed by atoms with Gasteiger partial charge < -0.3 is 19.7 Å². The van der Waals surface area contributed by atoms with Crippen LogP contribution in [0.3, 0.4) is 0 Å².